The van der Waals surface area contributed by atoms with Gasteiger partial charge in [-0.1, -0.05) is 25.1 Å². The molecule has 106 valence electrons. The summed E-state index contributed by atoms with van der Waals surface area (Å²) in [7, 11) is 3.53. The summed E-state index contributed by atoms with van der Waals surface area (Å²) in [6, 6.07) is 8.18. The van der Waals surface area contributed by atoms with Gasteiger partial charge in [-0.25, -0.2) is 4.79 Å². The summed E-state index contributed by atoms with van der Waals surface area (Å²) in [5.74, 6) is 0.842. The Labute approximate surface area is 120 Å². The molecule has 0 aliphatic carbocycles. The highest BCUT2D eigenvalue weighted by molar-refractivity contribution is 7.98. The molecule has 0 spiro atoms. The van der Waals surface area contributed by atoms with E-state index in [1.807, 2.05) is 36.0 Å². The van der Waals surface area contributed by atoms with E-state index in [4.69, 9.17) is 4.74 Å². The van der Waals surface area contributed by atoms with Crippen molar-refractivity contribution in [2.45, 2.75) is 25.9 Å². The van der Waals surface area contributed by atoms with Gasteiger partial charge in [-0.2, -0.15) is 11.8 Å². The van der Waals surface area contributed by atoms with Crippen molar-refractivity contribution in [2.75, 3.05) is 26.2 Å². The molecule has 0 aliphatic rings. The molecule has 1 rings (SSSR count). The fourth-order valence-electron chi connectivity index (χ4n) is 2.11. The Bertz CT molecular complexity index is 409. The number of benzene rings is 1. The third kappa shape index (κ3) is 4.55. The summed E-state index contributed by atoms with van der Waals surface area (Å²) in [5, 5.41) is 0. The highest BCUT2D eigenvalue weighted by Gasteiger charge is 2.16. The van der Waals surface area contributed by atoms with E-state index >= 15 is 0 Å². The Kier molecular flexibility index (Phi) is 6.95. The zero-order valence-corrected chi connectivity index (χ0v) is 13.0. The normalized spacial score (nSPS) is 12.5. The van der Waals surface area contributed by atoms with Gasteiger partial charge in [0.05, 0.1) is 12.7 Å². The highest BCUT2D eigenvalue weighted by Crippen LogP contribution is 2.16. The van der Waals surface area contributed by atoms with Crippen molar-refractivity contribution in [3.8, 4) is 0 Å². The quantitative estimate of drug-likeness (QED) is 0.719. The predicted octanol–water partition coefficient (Wildman–Crippen LogP) is 3.05. The third-order valence-electron chi connectivity index (χ3n) is 3.30. The standard InChI is InChI=1S/C15H23NO2S/c1-5-13(11-19-4)16(2)10-12-8-6-7-9-14(12)15(17)18-3/h6-9,13H,5,10-11H2,1-4H3. The summed E-state index contributed by atoms with van der Waals surface area (Å²) in [5.41, 5.74) is 1.69. The first-order valence-corrected chi connectivity index (χ1v) is 7.88. The van der Waals surface area contributed by atoms with E-state index in [1.54, 1.807) is 0 Å². The van der Waals surface area contributed by atoms with Crippen molar-refractivity contribution < 1.29 is 9.53 Å². The van der Waals surface area contributed by atoms with Crippen LogP contribution in [0.4, 0.5) is 0 Å². The minimum Gasteiger partial charge on any atom is -0.465 e. The summed E-state index contributed by atoms with van der Waals surface area (Å²) in [6.07, 6.45) is 3.23. The monoisotopic (exact) mass is 281 g/mol. The fraction of sp³-hybridized carbons (Fsp3) is 0.533. The van der Waals surface area contributed by atoms with Crippen molar-refractivity contribution in [1.82, 2.24) is 4.90 Å². The van der Waals surface area contributed by atoms with Crippen LogP contribution in [0.1, 0.15) is 29.3 Å². The number of nitrogens with zero attached hydrogens (tertiary/aromatic N) is 1. The van der Waals surface area contributed by atoms with Gasteiger partial charge in [-0.3, -0.25) is 4.90 Å². The Morgan fingerprint density at radius 3 is 2.68 bits per heavy atom. The Morgan fingerprint density at radius 1 is 1.42 bits per heavy atom. The Morgan fingerprint density at radius 2 is 2.11 bits per heavy atom. The van der Waals surface area contributed by atoms with Gasteiger partial charge in [0, 0.05) is 18.3 Å². The molecule has 0 saturated heterocycles. The van der Waals surface area contributed by atoms with Gasteiger partial charge >= 0.3 is 5.97 Å². The van der Waals surface area contributed by atoms with Crippen LogP contribution >= 0.6 is 11.8 Å². The predicted molar refractivity (Wildman–Crippen MR) is 81.7 cm³/mol. The molecule has 0 bridgehead atoms. The van der Waals surface area contributed by atoms with Crippen LogP contribution in [0.25, 0.3) is 0 Å². The number of carbonyl (C=O) groups excluding carboxylic acids is 1. The van der Waals surface area contributed by atoms with Crippen LogP contribution in [0.5, 0.6) is 0 Å². The number of carbonyl (C=O) groups is 1. The molecule has 4 heteroatoms. The molecular weight excluding hydrogens is 258 g/mol. The molecule has 0 fully saturated rings. The maximum atomic E-state index is 11.7. The first-order chi connectivity index (χ1) is 9.13. The van der Waals surface area contributed by atoms with Gasteiger partial charge in [-0.05, 0) is 31.4 Å². The lowest BCUT2D eigenvalue weighted by molar-refractivity contribution is 0.0598. The first-order valence-electron chi connectivity index (χ1n) is 6.49. The van der Waals surface area contributed by atoms with E-state index in [1.165, 1.54) is 7.11 Å². The summed E-state index contributed by atoms with van der Waals surface area (Å²) < 4.78 is 4.83. The number of thioether (sulfide) groups is 1. The molecule has 19 heavy (non-hydrogen) atoms. The fourth-order valence-corrected chi connectivity index (χ4v) is 2.99. The number of methoxy groups -OCH3 is 1. The van der Waals surface area contributed by atoms with E-state index < -0.39 is 0 Å². The van der Waals surface area contributed by atoms with Crippen LogP contribution in [0.3, 0.4) is 0 Å². The minimum atomic E-state index is -0.262. The number of hydrogen-bond acceptors (Lipinski definition) is 4. The molecule has 1 aromatic carbocycles. The Hall–Kier alpha value is -1.00. The van der Waals surface area contributed by atoms with E-state index in [9.17, 15) is 4.79 Å². The van der Waals surface area contributed by atoms with Crippen molar-refractivity contribution in [3.05, 3.63) is 35.4 Å². The Balaban J connectivity index is 2.83. The second kappa shape index (κ2) is 8.23. The minimum absolute atomic E-state index is 0.262. The SMILES string of the molecule is CCC(CSC)N(C)Cc1ccccc1C(=O)OC. The molecule has 0 N–H and O–H groups in total. The van der Waals surface area contributed by atoms with Crippen LogP contribution in [-0.2, 0) is 11.3 Å². The second-order valence-corrected chi connectivity index (χ2v) is 5.49. The van der Waals surface area contributed by atoms with Gasteiger partial charge in [0.25, 0.3) is 0 Å². The maximum absolute atomic E-state index is 11.7. The molecule has 0 heterocycles. The number of ether oxygens (including phenoxy) is 1. The smallest absolute Gasteiger partial charge is 0.338 e. The van der Waals surface area contributed by atoms with Crippen LogP contribution in [0.15, 0.2) is 24.3 Å². The number of hydrogen-bond donors (Lipinski definition) is 0. The van der Waals surface area contributed by atoms with Gasteiger partial charge in [0.2, 0.25) is 0 Å². The molecule has 0 saturated carbocycles. The molecule has 3 nitrogen and oxygen atoms in total. The molecule has 1 unspecified atom stereocenters. The summed E-state index contributed by atoms with van der Waals surface area (Å²) >= 11 is 1.85. The zero-order valence-electron chi connectivity index (χ0n) is 12.2. The van der Waals surface area contributed by atoms with E-state index in [-0.39, 0.29) is 5.97 Å². The van der Waals surface area contributed by atoms with E-state index in [0.29, 0.717) is 11.6 Å². The first kappa shape index (κ1) is 16.1. The van der Waals surface area contributed by atoms with Crippen molar-refractivity contribution in [3.63, 3.8) is 0 Å². The van der Waals surface area contributed by atoms with Gasteiger partial charge in [-0.15, -0.1) is 0 Å². The molecule has 0 amide bonds. The van der Waals surface area contributed by atoms with E-state index in [2.05, 4.69) is 25.1 Å². The van der Waals surface area contributed by atoms with Crippen molar-refractivity contribution in [1.29, 1.82) is 0 Å². The number of esters is 1. The number of rotatable bonds is 7. The third-order valence-corrected chi connectivity index (χ3v) is 4.01. The summed E-state index contributed by atoms with van der Waals surface area (Å²) in [6.45, 7) is 2.97. The molecule has 0 aliphatic heterocycles. The maximum Gasteiger partial charge on any atom is 0.338 e. The molecule has 1 aromatic rings. The molecule has 0 aromatic heterocycles. The van der Waals surface area contributed by atoms with Crippen LogP contribution < -0.4 is 0 Å². The highest BCUT2D eigenvalue weighted by atomic mass is 32.2. The van der Waals surface area contributed by atoms with Gasteiger partial charge in [0.15, 0.2) is 0 Å². The van der Waals surface area contributed by atoms with Crippen LogP contribution in [0, 0.1) is 0 Å². The average Bonchev–Trinajstić information content (AvgIpc) is 2.44. The van der Waals surface area contributed by atoms with Gasteiger partial charge < -0.3 is 4.74 Å². The van der Waals surface area contributed by atoms with E-state index in [0.717, 1.165) is 24.3 Å². The lowest BCUT2D eigenvalue weighted by Gasteiger charge is -2.27. The molecule has 1 atom stereocenters. The topological polar surface area (TPSA) is 29.5 Å². The largest absolute Gasteiger partial charge is 0.465 e. The second-order valence-electron chi connectivity index (χ2n) is 4.58. The van der Waals surface area contributed by atoms with Crippen molar-refractivity contribution in [2.24, 2.45) is 0 Å². The lowest BCUT2D eigenvalue weighted by atomic mass is 10.1. The van der Waals surface area contributed by atoms with Crippen molar-refractivity contribution >= 4 is 17.7 Å². The molecule has 0 radical (unpaired) electrons. The zero-order chi connectivity index (χ0) is 14.3. The van der Waals surface area contributed by atoms with Crippen LogP contribution in [-0.4, -0.2) is 43.1 Å². The lowest BCUT2D eigenvalue weighted by Crippen LogP contribution is -2.33. The summed E-state index contributed by atoms with van der Waals surface area (Å²) in [4.78, 5) is 14.0. The average molecular weight is 281 g/mol. The van der Waals surface area contributed by atoms with Gasteiger partial charge in [0.1, 0.15) is 0 Å². The van der Waals surface area contributed by atoms with Crippen LogP contribution in [0.2, 0.25) is 0 Å². The molecular formula is C15H23NO2S.